The highest BCUT2D eigenvalue weighted by atomic mass is 16.5. The predicted molar refractivity (Wildman–Crippen MR) is 86.8 cm³/mol. The van der Waals surface area contributed by atoms with Gasteiger partial charge in [-0.3, -0.25) is 4.79 Å². The number of esters is 1. The topological polar surface area (TPSA) is 26.3 Å². The third-order valence-corrected chi connectivity index (χ3v) is 4.16. The highest BCUT2D eigenvalue weighted by molar-refractivity contribution is 5.71. The second-order valence-electron chi connectivity index (χ2n) is 6.15. The lowest BCUT2D eigenvalue weighted by molar-refractivity contribution is -0.149. The zero-order chi connectivity index (χ0) is 15.2. The molecule has 0 aromatic rings. The van der Waals surface area contributed by atoms with Crippen molar-refractivity contribution in [3.05, 3.63) is 0 Å². The van der Waals surface area contributed by atoms with E-state index in [4.69, 9.17) is 4.74 Å². The molecule has 2 heteroatoms. The highest BCUT2D eigenvalue weighted by Gasteiger charge is 2.15. The first-order chi connectivity index (χ1) is 9.65. The van der Waals surface area contributed by atoms with Crippen molar-refractivity contribution in [2.45, 2.75) is 91.9 Å². The molecule has 0 aliphatic carbocycles. The van der Waals surface area contributed by atoms with E-state index in [0.29, 0.717) is 12.5 Å². The standard InChI is InChI=1S/C18H36O2/c1-5-8-10-12-14-17(13-11-9-6-2)15-20-18(19)16(4)7-3/h16-17H,5-15H2,1-4H3. The summed E-state index contributed by atoms with van der Waals surface area (Å²) in [6.45, 7) is 9.11. The van der Waals surface area contributed by atoms with Gasteiger partial charge in [0.25, 0.3) is 0 Å². The maximum absolute atomic E-state index is 11.8. The van der Waals surface area contributed by atoms with E-state index >= 15 is 0 Å². The molecule has 0 radical (unpaired) electrons. The molecule has 0 N–H and O–H groups in total. The van der Waals surface area contributed by atoms with Crippen molar-refractivity contribution in [1.29, 1.82) is 0 Å². The molecule has 0 heterocycles. The zero-order valence-electron chi connectivity index (χ0n) is 14.2. The molecule has 0 bridgehead atoms. The average Bonchev–Trinajstić information content (AvgIpc) is 2.47. The van der Waals surface area contributed by atoms with E-state index in [1.165, 1.54) is 57.8 Å². The van der Waals surface area contributed by atoms with Crippen molar-refractivity contribution in [1.82, 2.24) is 0 Å². The number of rotatable bonds is 13. The Balaban J connectivity index is 3.99. The first-order valence-electron chi connectivity index (χ1n) is 8.82. The van der Waals surface area contributed by atoms with Gasteiger partial charge in [0.2, 0.25) is 0 Å². The van der Waals surface area contributed by atoms with E-state index in [-0.39, 0.29) is 11.9 Å². The molecule has 0 rings (SSSR count). The smallest absolute Gasteiger partial charge is 0.308 e. The molecule has 20 heavy (non-hydrogen) atoms. The third-order valence-electron chi connectivity index (χ3n) is 4.16. The van der Waals surface area contributed by atoms with Gasteiger partial charge in [-0.25, -0.2) is 0 Å². The summed E-state index contributed by atoms with van der Waals surface area (Å²) in [6, 6.07) is 0. The molecular formula is C18H36O2. The van der Waals surface area contributed by atoms with Crippen LogP contribution in [0.25, 0.3) is 0 Å². The van der Waals surface area contributed by atoms with Gasteiger partial charge in [0.05, 0.1) is 12.5 Å². The van der Waals surface area contributed by atoms with E-state index in [1.54, 1.807) is 0 Å². The molecule has 0 saturated carbocycles. The number of ether oxygens (including phenoxy) is 1. The van der Waals surface area contributed by atoms with Crippen molar-refractivity contribution < 1.29 is 9.53 Å². The fourth-order valence-electron chi connectivity index (χ4n) is 2.36. The van der Waals surface area contributed by atoms with Crippen LogP contribution in [0.4, 0.5) is 0 Å². The quantitative estimate of drug-likeness (QED) is 0.318. The average molecular weight is 284 g/mol. The molecule has 0 spiro atoms. The van der Waals surface area contributed by atoms with Crippen LogP contribution in [0.3, 0.4) is 0 Å². The lowest BCUT2D eigenvalue weighted by Gasteiger charge is -2.18. The molecule has 0 aromatic carbocycles. The van der Waals surface area contributed by atoms with Gasteiger partial charge in [0, 0.05) is 0 Å². The first-order valence-corrected chi connectivity index (χ1v) is 8.82. The summed E-state index contributed by atoms with van der Waals surface area (Å²) in [4.78, 5) is 11.8. The molecule has 0 fully saturated rings. The van der Waals surface area contributed by atoms with Crippen molar-refractivity contribution in [2.24, 2.45) is 11.8 Å². The van der Waals surface area contributed by atoms with Crippen LogP contribution >= 0.6 is 0 Å². The number of carbonyl (C=O) groups excluding carboxylic acids is 1. The number of unbranched alkanes of at least 4 members (excludes halogenated alkanes) is 5. The van der Waals surface area contributed by atoms with Crippen molar-refractivity contribution in [3.63, 3.8) is 0 Å². The molecule has 2 atom stereocenters. The van der Waals surface area contributed by atoms with Crippen LogP contribution in [0.5, 0.6) is 0 Å². The van der Waals surface area contributed by atoms with Crippen molar-refractivity contribution in [2.75, 3.05) is 6.61 Å². The molecule has 0 aliphatic rings. The van der Waals surface area contributed by atoms with Crippen molar-refractivity contribution >= 4 is 5.97 Å². The molecule has 2 unspecified atom stereocenters. The Kier molecular flexibility index (Phi) is 13.1. The fourth-order valence-corrected chi connectivity index (χ4v) is 2.36. The maximum Gasteiger partial charge on any atom is 0.308 e. The lowest BCUT2D eigenvalue weighted by Crippen LogP contribution is -2.19. The summed E-state index contributed by atoms with van der Waals surface area (Å²) in [5.41, 5.74) is 0. The van der Waals surface area contributed by atoms with Gasteiger partial charge >= 0.3 is 5.97 Å². The van der Waals surface area contributed by atoms with E-state index in [0.717, 1.165) is 6.42 Å². The highest BCUT2D eigenvalue weighted by Crippen LogP contribution is 2.19. The van der Waals surface area contributed by atoms with Gasteiger partial charge in [0.15, 0.2) is 0 Å². The van der Waals surface area contributed by atoms with Crippen LogP contribution in [0.1, 0.15) is 91.9 Å². The minimum absolute atomic E-state index is 0.0125. The summed E-state index contributed by atoms with van der Waals surface area (Å²) >= 11 is 0. The van der Waals surface area contributed by atoms with E-state index in [1.807, 2.05) is 13.8 Å². The summed E-state index contributed by atoms with van der Waals surface area (Å²) in [5, 5.41) is 0. The number of hydrogen-bond donors (Lipinski definition) is 0. The summed E-state index contributed by atoms with van der Waals surface area (Å²) in [6.07, 6.45) is 12.3. The van der Waals surface area contributed by atoms with E-state index in [2.05, 4.69) is 13.8 Å². The van der Waals surface area contributed by atoms with E-state index in [9.17, 15) is 4.79 Å². The van der Waals surface area contributed by atoms with Gasteiger partial charge in [-0.15, -0.1) is 0 Å². The van der Waals surface area contributed by atoms with Crippen LogP contribution in [-0.2, 0) is 9.53 Å². The van der Waals surface area contributed by atoms with E-state index < -0.39 is 0 Å². The largest absolute Gasteiger partial charge is 0.465 e. The van der Waals surface area contributed by atoms with Gasteiger partial charge in [-0.1, -0.05) is 72.6 Å². The number of carbonyl (C=O) groups is 1. The van der Waals surface area contributed by atoms with Gasteiger partial charge < -0.3 is 4.74 Å². The zero-order valence-corrected chi connectivity index (χ0v) is 14.2. The van der Waals surface area contributed by atoms with Gasteiger partial charge in [-0.2, -0.15) is 0 Å². The Labute approximate surface area is 126 Å². The van der Waals surface area contributed by atoms with Crippen LogP contribution in [-0.4, -0.2) is 12.6 Å². The van der Waals surface area contributed by atoms with Crippen LogP contribution in [0.15, 0.2) is 0 Å². The summed E-state index contributed by atoms with van der Waals surface area (Å²) in [7, 11) is 0. The normalized spacial score (nSPS) is 14.0. The SMILES string of the molecule is CCCCCCC(CCCCC)COC(=O)C(C)CC. The summed E-state index contributed by atoms with van der Waals surface area (Å²) in [5.74, 6) is 0.611. The Bertz CT molecular complexity index is 225. The molecule has 0 saturated heterocycles. The molecular weight excluding hydrogens is 248 g/mol. The van der Waals surface area contributed by atoms with Crippen LogP contribution in [0, 0.1) is 11.8 Å². The Hall–Kier alpha value is -0.530. The maximum atomic E-state index is 11.8. The van der Waals surface area contributed by atoms with Crippen LogP contribution < -0.4 is 0 Å². The van der Waals surface area contributed by atoms with Crippen molar-refractivity contribution in [3.8, 4) is 0 Å². The Morgan fingerprint density at radius 1 is 0.900 bits per heavy atom. The minimum Gasteiger partial charge on any atom is -0.465 e. The first kappa shape index (κ1) is 19.5. The van der Waals surface area contributed by atoms with Crippen LogP contribution in [0.2, 0.25) is 0 Å². The monoisotopic (exact) mass is 284 g/mol. The molecule has 0 aliphatic heterocycles. The molecule has 120 valence electrons. The number of hydrogen-bond acceptors (Lipinski definition) is 2. The Morgan fingerprint density at radius 2 is 1.45 bits per heavy atom. The minimum atomic E-state index is -0.0125. The summed E-state index contributed by atoms with van der Waals surface area (Å²) < 4.78 is 5.51. The third kappa shape index (κ3) is 10.3. The second-order valence-corrected chi connectivity index (χ2v) is 6.15. The second kappa shape index (κ2) is 13.5. The Morgan fingerprint density at radius 3 is 2.00 bits per heavy atom. The van der Waals surface area contributed by atoms with Gasteiger partial charge in [-0.05, 0) is 25.2 Å². The molecule has 0 aromatic heterocycles. The molecule has 2 nitrogen and oxygen atoms in total. The fraction of sp³-hybridized carbons (Fsp3) is 0.944. The molecule has 0 amide bonds. The lowest BCUT2D eigenvalue weighted by atomic mass is 9.95. The predicted octanol–water partition coefficient (Wildman–Crippen LogP) is 5.74. The van der Waals surface area contributed by atoms with Gasteiger partial charge in [0.1, 0.15) is 0 Å².